The summed E-state index contributed by atoms with van der Waals surface area (Å²) in [6.07, 6.45) is 0. The highest BCUT2D eigenvalue weighted by Gasteiger charge is 2.51. The Balaban J connectivity index is 0.968. The van der Waals surface area contributed by atoms with E-state index in [1.807, 2.05) is 0 Å². The number of hydrogen-bond acceptors (Lipinski definition) is 3. The van der Waals surface area contributed by atoms with Crippen LogP contribution in [0.4, 0.5) is 51.2 Å². The molecule has 0 fully saturated rings. The zero-order valence-electron chi connectivity index (χ0n) is 47.0. The van der Waals surface area contributed by atoms with Gasteiger partial charge in [0.25, 0.3) is 13.4 Å². The third kappa shape index (κ3) is 5.32. The van der Waals surface area contributed by atoms with Gasteiger partial charge in [0.1, 0.15) is 0 Å². The maximum atomic E-state index is 2.79. The molecule has 0 radical (unpaired) electrons. The third-order valence-corrected chi connectivity index (χ3v) is 21.1. The van der Waals surface area contributed by atoms with E-state index < -0.39 is 0 Å². The summed E-state index contributed by atoms with van der Waals surface area (Å²) in [5.41, 5.74) is 37.8. The van der Waals surface area contributed by atoms with E-state index in [0.29, 0.717) is 0 Å². The second-order valence-electron chi connectivity index (χ2n) is 24.8. The lowest BCUT2D eigenvalue weighted by Crippen LogP contribution is -2.60. The lowest BCUT2D eigenvalue weighted by Gasteiger charge is -2.43. The van der Waals surface area contributed by atoms with Crippen LogP contribution in [0.15, 0.2) is 273 Å². The smallest absolute Gasteiger partial charge is 0.252 e. The largest absolute Gasteiger partial charge is 0.311 e. The summed E-state index contributed by atoms with van der Waals surface area (Å²) < 4.78 is 5.55. The van der Waals surface area contributed by atoms with Crippen molar-refractivity contribution in [1.82, 2.24) is 9.13 Å². The van der Waals surface area contributed by atoms with Crippen LogP contribution in [0.2, 0.25) is 0 Å². The summed E-state index contributed by atoms with van der Waals surface area (Å²) in [5.74, 6) is -0.0371. The number of fused-ring (bicyclic) bond motifs is 26. The molecule has 0 amide bonds. The molecule has 7 heterocycles. The molecule has 13 aromatic carbocycles. The minimum atomic E-state index is -0.0726. The fraction of sp³-hybridized carbons (Fsp3) is 0.0250. The molecular formula is C80H47B2N5. The Morgan fingerprint density at radius 2 is 0.667 bits per heavy atom. The maximum absolute atomic E-state index is 2.79. The average Bonchev–Trinajstić information content (AvgIpc) is 1.51. The Hall–Kier alpha value is -11.0. The predicted molar refractivity (Wildman–Crippen MR) is 362 cm³/mol. The molecule has 2 aromatic heterocycles. The van der Waals surface area contributed by atoms with Gasteiger partial charge in [-0.2, -0.15) is 0 Å². The molecule has 7 aliphatic rings. The number of hydrogen-bond donors (Lipinski definition) is 0. The van der Waals surface area contributed by atoms with Gasteiger partial charge in [0.2, 0.25) is 0 Å². The molecule has 15 aromatic rings. The van der Waals surface area contributed by atoms with Crippen molar-refractivity contribution in [3.05, 3.63) is 306 Å². The minimum absolute atomic E-state index is 0.00288. The molecule has 5 nitrogen and oxygen atoms in total. The first-order valence-corrected chi connectivity index (χ1v) is 30.7. The van der Waals surface area contributed by atoms with E-state index in [0.717, 1.165) is 11.4 Å². The van der Waals surface area contributed by atoms with Crippen molar-refractivity contribution >= 4 is 141 Å². The number of anilines is 9. The van der Waals surface area contributed by atoms with E-state index >= 15 is 0 Å². The predicted octanol–water partition coefficient (Wildman–Crippen LogP) is 15.5. The number of aromatic nitrogens is 2. The molecule has 0 saturated carbocycles. The van der Waals surface area contributed by atoms with Crippen molar-refractivity contribution in [1.29, 1.82) is 0 Å². The van der Waals surface area contributed by atoms with Gasteiger partial charge in [-0.1, -0.05) is 188 Å². The van der Waals surface area contributed by atoms with Gasteiger partial charge >= 0.3 is 0 Å². The SMILES string of the molecule is c1ccc(N2c3ccccc3C3c4cccc5c4C(c4cccc2c43)c2c-5c3c4ccc5c6c4n(c3c3c4ccc7c8c4n(c23)-c2ccccc2B8c2ccccc2N7c2ccccc2)-c2ccccc2B6c2ccccc2N5c2ccccc2)cc1. The molecule has 7 heteroatoms. The fourth-order valence-corrected chi connectivity index (χ4v) is 18.3. The normalized spacial score (nSPS) is 15.9. The molecule has 0 spiro atoms. The van der Waals surface area contributed by atoms with Gasteiger partial charge in [-0.25, -0.2) is 0 Å². The molecule has 0 saturated heterocycles. The van der Waals surface area contributed by atoms with Crippen molar-refractivity contribution < 1.29 is 0 Å². The molecule has 22 rings (SSSR count). The highest BCUT2D eigenvalue weighted by atomic mass is 15.2. The molecule has 5 aliphatic heterocycles. The number of benzene rings is 13. The van der Waals surface area contributed by atoms with Gasteiger partial charge in [-0.15, -0.1) is 0 Å². The molecule has 398 valence electrons. The van der Waals surface area contributed by atoms with Crippen molar-refractivity contribution in [3.63, 3.8) is 0 Å². The van der Waals surface area contributed by atoms with Crippen molar-refractivity contribution in [2.75, 3.05) is 14.7 Å². The fourth-order valence-electron chi connectivity index (χ4n) is 18.3. The molecule has 0 bridgehead atoms. The molecule has 0 N–H and O–H groups in total. The standard InChI is InChI=1S/C80H47B2N5/c1-4-22-46(23-5-1)83-59-36-15-10-28-49(59)67-50-29-20-30-51-68(50)70(52-31-21-41-64(83)69(52)67)74-71(51)72-53-42-44-65-75-77(53)86(62-39-18-13-34-57(62)81(75)55-32-11-16-37-60(55)84(65)47-24-6-2-7-25-47)79(72)73-54-43-45-66-76-78(54)87(80(73)74)63-40-19-14-35-58(63)82(76)56-33-12-17-38-61(56)85(66)48-26-8-3-9-27-48/h1-45,67,70H. The summed E-state index contributed by atoms with van der Waals surface area (Å²) in [6, 6.07) is 104. The van der Waals surface area contributed by atoms with Gasteiger partial charge in [-0.3, -0.25) is 0 Å². The summed E-state index contributed by atoms with van der Waals surface area (Å²) in [4.78, 5) is 7.62. The van der Waals surface area contributed by atoms with Crippen LogP contribution >= 0.6 is 0 Å². The van der Waals surface area contributed by atoms with E-state index in [9.17, 15) is 0 Å². The zero-order valence-corrected chi connectivity index (χ0v) is 47.0. The second-order valence-corrected chi connectivity index (χ2v) is 24.8. The van der Waals surface area contributed by atoms with Gasteiger partial charge in [0.15, 0.2) is 0 Å². The van der Waals surface area contributed by atoms with Gasteiger partial charge in [-0.05, 0) is 162 Å². The summed E-state index contributed by atoms with van der Waals surface area (Å²) in [6.45, 7) is 0.0145. The highest BCUT2D eigenvalue weighted by molar-refractivity contribution is 7.01. The average molecular weight is 1100 g/mol. The third-order valence-electron chi connectivity index (χ3n) is 21.1. The van der Waals surface area contributed by atoms with Crippen LogP contribution in [0.5, 0.6) is 0 Å². The molecule has 2 aliphatic carbocycles. The van der Waals surface area contributed by atoms with Crippen molar-refractivity contribution in [2.45, 2.75) is 11.8 Å². The van der Waals surface area contributed by atoms with Gasteiger partial charge in [0.05, 0.1) is 33.4 Å². The van der Waals surface area contributed by atoms with Crippen LogP contribution in [0, 0.1) is 0 Å². The van der Waals surface area contributed by atoms with Crippen LogP contribution in [0.25, 0.3) is 66.1 Å². The lowest BCUT2D eigenvalue weighted by molar-refractivity contribution is 0.824. The Kier molecular flexibility index (Phi) is 8.37. The Morgan fingerprint density at radius 1 is 0.253 bits per heavy atom. The molecule has 87 heavy (non-hydrogen) atoms. The van der Waals surface area contributed by atoms with Crippen LogP contribution in [-0.4, -0.2) is 22.6 Å². The van der Waals surface area contributed by atoms with Crippen LogP contribution < -0.4 is 47.5 Å². The lowest BCUT2D eigenvalue weighted by atomic mass is 9.34. The summed E-state index contributed by atoms with van der Waals surface area (Å²) in [7, 11) is 0. The zero-order chi connectivity index (χ0) is 56.1. The first-order chi connectivity index (χ1) is 43.3. The van der Waals surface area contributed by atoms with Crippen LogP contribution in [0.1, 0.15) is 45.2 Å². The van der Waals surface area contributed by atoms with E-state index in [2.05, 4.69) is 297 Å². The first kappa shape index (κ1) is 45.4. The van der Waals surface area contributed by atoms with E-state index in [1.165, 1.54) is 172 Å². The first-order valence-electron chi connectivity index (χ1n) is 30.7. The molecule has 2 unspecified atom stereocenters. The van der Waals surface area contributed by atoms with Crippen LogP contribution in [0.3, 0.4) is 0 Å². The van der Waals surface area contributed by atoms with E-state index in [-0.39, 0.29) is 25.3 Å². The van der Waals surface area contributed by atoms with E-state index in [1.54, 1.807) is 0 Å². The number of para-hydroxylation sites is 8. The molecule has 2 atom stereocenters. The maximum Gasteiger partial charge on any atom is 0.252 e. The summed E-state index contributed by atoms with van der Waals surface area (Å²) in [5, 5.41) is 5.24. The van der Waals surface area contributed by atoms with Gasteiger partial charge in [0, 0.05) is 84.6 Å². The summed E-state index contributed by atoms with van der Waals surface area (Å²) >= 11 is 0. The minimum Gasteiger partial charge on any atom is -0.311 e. The Morgan fingerprint density at radius 3 is 1.23 bits per heavy atom. The Labute approximate surface area is 502 Å². The second kappa shape index (κ2) is 16.0. The number of nitrogens with zero attached hydrogens (tertiary/aromatic N) is 5. The van der Waals surface area contributed by atoms with E-state index in [4.69, 9.17) is 0 Å². The molecular weight excluding hydrogens is 1050 g/mol. The Bertz CT molecular complexity index is 5650. The van der Waals surface area contributed by atoms with Crippen molar-refractivity contribution in [3.8, 4) is 22.5 Å². The monoisotopic (exact) mass is 1100 g/mol. The van der Waals surface area contributed by atoms with Crippen molar-refractivity contribution in [2.24, 2.45) is 0 Å². The number of rotatable bonds is 3. The van der Waals surface area contributed by atoms with Crippen LogP contribution in [-0.2, 0) is 0 Å². The van der Waals surface area contributed by atoms with Gasteiger partial charge < -0.3 is 23.8 Å². The topological polar surface area (TPSA) is 19.6 Å². The highest BCUT2D eigenvalue weighted by Crippen LogP contribution is 2.66. The quantitative estimate of drug-likeness (QED) is 0.164.